The Morgan fingerprint density at radius 3 is 2.84 bits per heavy atom. The van der Waals surface area contributed by atoms with Crippen LogP contribution in [0.15, 0.2) is 11.2 Å². The summed E-state index contributed by atoms with van der Waals surface area (Å²) in [6.45, 7) is 5.34. The van der Waals surface area contributed by atoms with Crippen molar-refractivity contribution in [1.82, 2.24) is 15.3 Å². The van der Waals surface area contributed by atoms with Crippen LogP contribution in [0.5, 0.6) is 0 Å². The summed E-state index contributed by atoms with van der Waals surface area (Å²) in [4.78, 5) is 19.8. The lowest BCUT2D eigenvalue weighted by Crippen LogP contribution is -2.28. The average Bonchev–Trinajstić information content (AvgIpc) is 2.35. The fourth-order valence-corrected chi connectivity index (χ4v) is 1.90. The van der Waals surface area contributed by atoms with Crippen LogP contribution in [-0.4, -0.2) is 35.2 Å². The molecule has 5 nitrogen and oxygen atoms in total. The van der Waals surface area contributed by atoms with E-state index >= 15 is 0 Å². The quantitative estimate of drug-likeness (QED) is 0.460. The van der Waals surface area contributed by atoms with Crippen LogP contribution in [-0.2, 0) is 4.79 Å². The first-order valence-electron chi connectivity index (χ1n) is 6.10. The first kappa shape index (κ1) is 16.0. The minimum atomic E-state index is 0.0337. The van der Waals surface area contributed by atoms with E-state index in [9.17, 15) is 4.79 Å². The molecule has 0 aliphatic carbocycles. The van der Waals surface area contributed by atoms with Crippen molar-refractivity contribution < 1.29 is 4.79 Å². The molecule has 1 aromatic rings. The zero-order valence-electron chi connectivity index (χ0n) is 11.4. The fourth-order valence-electron chi connectivity index (χ4n) is 1.29. The van der Waals surface area contributed by atoms with Crippen LogP contribution in [0.1, 0.15) is 20.3 Å². The average molecular weight is 303 g/mol. The number of amides is 1. The number of thioether (sulfide) groups is 1. The van der Waals surface area contributed by atoms with E-state index in [-0.39, 0.29) is 5.91 Å². The summed E-state index contributed by atoms with van der Waals surface area (Å²) in [6.07, 6.45) is 2.29. The van der Waals surface area contributed by atoms with Gasteiger partial charge in [0.1, 0.15) is 11.0 Å². The third-order valence-electron chi connectivity index (χ3n) is 2.22. The number of halogens is 1. The molecule has 0 aromatic carbocycles. The van der Waals surface area contributed by atoms with Gasteiger partial charge in [-0.3, -0.25) is 4.79 Å². The molecule has 0 spiro atoms. The Labute approximate surface area is 122 Å². The van der Waals surface area contributed by atoms with Gasteiger partial charge < -0.3 is 10.6 Å². The van der Waals surface area contributed by atoms with Gasteiger partial charge in [0, 0.05) is 25.6 Å². The van der Waals surface area contributed by atoms with E-state index in [0.29, 0.717) is 41.6 Å². The zero-order chi connectivity index (χ0) is 14.3. The molecule has 0 aliphatic rings. The summed E-state index contributed by atoms with van der Waals surface area (Å²) in [5.41, 5.74) is 0. The Kier molecular flexibility index (Phi) is 6.94. The Morgan fingerprint density at radius 2 is 2.21 bits per heavy atom. The van der Waals surface area contributed by atoms with E-state index in [0.717, 1.165) is 0 Å². The minimum absolute atomic E-state index is 0.0337. The van der Waals surface area contributed by atoms with E-state index in [1.807, 2.05) is 6.26 Å². The van der Waals surface area contributed by atoms with Gasteiger partial charge in [0.25, 0.3) is 0 Å². The summed E-state index contributed by atoms with van der Waals surface area (Å²) >= 11 is 7.29. The topological polar surface area (TPSA) is 66.9 Å². The number of hydrogen-bond acceptors (Lipinski definition) is 5. The van der Waals surface area contributed by atoms with E-state index < -0.39 is 0 Å². The van der Waals surface area contributed by atoms with Crippen LogP contribution < -0.4 is 10.6 Å². The van der Waals surface area contributed by atoms with Crippen molar-refractivity contribution in [2.45, 2.75) is 25.4 Å². The van der Waals surface area contributed by atoms with Gasteiger partial charge in [0.05, 0.1) is 0 Å². The molecule has 0 bridgehead atoms. The normalized spacial score (nSPS) is 10.6. The van der Waals surface area contributed by atoms with E-state index in [2.05, 4.69) is 34.4 Å². The zero-order valence-corrected chi connectivity index (χ0v) is 12.9. The predicted molar refractivity (Wildman–Crippen MR) is 79.8 cm³/mol. The van der Waals surface area contributed by atoms with Gasteiger partial charge in [-0.15, -0.1) is 0 Å². The summed E-state index contributed by atoms with van der Waals surface area (Å²) in [6, 6.07) is 1.65. The maximum absolute atomic E-state index is 11.5. The highest BCUT2D eigenvalue weighted by Gasteiger charge is 2.04. The number of carbonyl (C=O) groups is 1. The maximum Gasteiger partial charge on any atom is 0.221 e. The minimum Gasteiger partial charge on any atom is -0.369 e. The van der Waals surface area contributed by atoms with Crippen LogP contribution in [0.25, 0.3) is 0 Å². The standard InChI is InChI=1S/C12H19ClN4OS/c1-8(2)7-15-11(18)4-5-14-10-6-9(13)16-12(17-10)19-3/h6,8H,4-5,7H2,1-3H3,(H,15,18)(H,14,16,17). The molecule has 2 N–H and O–H groups in total. The van der Waals surface area contributed by atoms with Crippen molar-refractivity contribution in [2.75, 3.05) is 24.7 Å². The molecule has 7 heteroatoms. The molecule has 1 aromatic heterocycles. The summed E-state index contributed by atoms with van der Waals surface area (Å²) < 4.78 is 0. The number of nitrogens with zero attached hydrogens (tertiary/aromatic N) is 2. The third-order valence-corrected chi connectivity index (χ3v) is 2.96. The second-order valence-electron chi connectivity index (χ2n) is 4.44. The van der Waals surface area contributed by atoms with Gasteiger partial charge in [0.2, 0.25) is 5.91 Å². The summed E-state index contributed by atoms with van der Waals surface area (Å²) in [7, 11) is 0. The lowest BCUT2D eigenvalue weighted by Gasteiger charge is -2.09. The molecule has 0 atom stereocenters. The van der Waals surface area contributed by atoms with Gasteiger partial charge in [-0.1, -0.05) is 37.2 Å². The largest absolute Gasteiger partial charge is 0.369 e. The molecule has 0 saturated heterocycles. The Hall–Kier alpha value is -1.01. The number of anilines is 1. The molecular weight excluding hydrogens is 284 g/mol. The lowest BCUT2D eigenvalue weighted by molar-refractivity contribution is -0.120. The highest BCUT2D eigenvalue weighted by molar-refractivity contribution is 7.98. The summed E-state index contributed by atoms with van der Waals surface area (Å²) in [5, 5.41) is 6.93. The van der Waals surface area contributed by atoms with E-state index in [1.54, 1.807) is 6.07 Å². The fraction of sp³-hybridized carbons (Fsp3) is 0.583. The van der Waals surface area contributed by atoms with Crippen molar-refractivity contribution in [3.8, 4) is 0 Å². The predicted octanol–water partition coefficient (Wildman–Crippen LogP) is 2.43. The Bertz CT molecular complexity index is 428. The number of carbonyl (C=O) groups excluding carboxylic acids is 1. The first-order chi connectivity index (χ1) is 9.01. The van der Waals surface area contributed by atoms with E-state index in [4.69, 9.17) is 11.6 Å². The molecule has 0 radical (unpaired) electrons. The van der Waals surface area contributed by atoms with Gasteiger partial charge in [-0.25, -0.2) is 9.97 Å². The van der Waals surface area contributed by atoms with Crippen molar-refractivity contribution in [2.24, 2.45) is 5.92 Å². The second-order valence-corrected chi connectivity index (χ2v) is 5.60. The molecule has 106 valence electrons. The Balaban J connectivity index is 2.36. The first-order valence-corrected chi connectivity index (χ1v) is 7.70. The van der Waals surface area contributed by atoms with Crippen LogP contribution in [0.4, 0.5) is 5.82 Å². The second kappa shape index (κ2) is 8.22. The highest BCUT2D eigenvalue weighted by atomic mass is 35.5. The SMILES string of the molecule is CSc1nc(Cl)cc(NCCC(=O)NCC(C)C)n1. The summed E-state index contributed by atoms with van der Waals surface area (Å²) in [5.74, 6) is 1.13. The van der Waals surface area contributed by atoms with Crippen LogP contribution in [0.3, 0.4) is 0 Å². The van der Waals surface area contributed by atoms with Crippen LogP contribution >= 0.6 is 23.4 Å². The Morgan fingerprint density at radius 1 is 1.47 bits per heavy atom. The molecule has 0 aliphatic heterocycles. The van der Waals surface area contributed by atoms with Crippen molar-refractivity contribution >= 4 is 35.1 Å². The molecule has 0 fully saturated rings. The van der Waals surface area contributed by atoms with Crippen LogP contribution in [0.2, 0.25) is 5.15 Å². The number of rotatable bonds is 7. The smallest absolute Gasteiger partial charge is 0.221 e. The van der Waals surface area contributed by atoms with Crippen molar-refractivity contribution in [1.29, 1.82) is 0 Å². The van der Waals surface area contributed by atoms with Gasteiger partial charge in [-0.2, -0.15) is 0 Å². The van der Waals surface area contributed by atoms with Gasteiger partial charge in [0.15, 0.2) is 5.16 Å². The molecule has 1 amide bonds. The molecule has 1 rings (SSSR count). The van der Waals surface area contributed by atoms with Crippen LogP contribution in [0, 0.1) is 5.92 Å². The van der Waals surface area contributed by atoms with Gasteiger partial charge >= 0.3 is 0 Å². The van der Waals surface area contributed by atoms with Crippen molar-refractivity contribution in [3.05, 3.63) is 11.2 Å². The molecule has 1 heterocycles. The molecule has 19 heavy (non-hydrogen) atoms. The highest BCUT2D eigenvalue weighted by Crippen LogP contribution is 2.16. The maximum atomic E-state index is 11.5. The molecular formula is C12H19ClN4OS. The van der Waals surface area contributed by atoms with E-state index in [1.165, 1.54) is 11.8 Å². The number of aromatic nitrogens is 2. The number of nitrogens with one attached hydrogen (secondary N) is 2. The number of hydrogen-bond donors (Lipinski definition) is 2. The van der Waals surface area contributed by atoms with Crippen molar-refractivity contribution in [3.63, 3.8) is 0 Å². The monoisotopic (exact) mass is 302 g/mol. The molecule has 0 saturated carbocycles. The lowest BCUT2D eigenvalue weighted by atomic mass is 10.2. The third kappa shape index (κ3) is 6.63. The molecule has 0 unspecified atom stereocenters. The van der Waals surface area contributed by atoms with Gasteiger partial charge in [-0.05, 0) is 12.2 Å².